The van der Waals surface area contributed by atoms with E-state index in [0.29, 0.717) is 17.9 Å². The van der Waals surface area contributed by atoms with Gasteiger partial charge in [0.15, 0.2) is 0 Å². The summed E-state index contributed by atoms with van der Waals surface area (Å²) < 4.78 is 0. The van der Waals surface area contributed by atoms with Crippen molar-refractivity contribution < 1.29 is 9.59 Å². The Hall–Kier alpha value is -1.91. The van der Waals surface area contributed by atoms with E-state index in [1.54, 1.807) is 12.1 Å². The van der Waals surface area contributed by atoms with Crippen molar-refractivity contribution in [3.8, 4) is 0 Å². The van der Waals surface area contributed by atoms with Gasteiger partial charge in [-0.15, -0.1) is 0 Å². The van der Waals surface area contributed by atoms with Gasteiger partial charge in [0.2, 0.25) is 11.8 Å². The maximum absolute atomic E-state index is 11.3. The van der Waals surface area contributed by atoms with Crippen molar-refractivity contribution in [2.45, 2.75) is 26.7 Å². The normalized spacial score (nSPS) is 9.62. The number of carbonyl (C=O) groups is 2. The summed E-state index contributed by atoms with van der Waals surface area (Å²) in [6.45, 7) is 3.36. The molecule has 1 aromatic rings. The van der Waals surface area contributed by atoms with Crippen LogP contribution in [0.25, 0.3) is 0 Å². The van der Waals surface area contributed by atoms with Crippen molar-refractivity contribution in [1.29, 1.82) is 0 Å². The van der Waals surface area contributed by atoms with Gasteiger partial charge in [0.1, 0.15) is 5.82 Å². The molecule has 2 amide bonds. The van der Waals surface area contributed by atoms with Crippen molar-refractivity contribution in [3.05, 3.63) is 18.3 Å². The molecular formula is C11H15N3O2. The summed E-state index contributed by atoms with van der Waals surface area (Å²) in [5.41, 5.74) is 0.612. The average molecular weight is 221 g/mol. The summed E-state index contributed by atoms with van der Waals surface area (Å²) >= 11 is 0. The number of aromatic nitrogens is 1. The molecular weight excluding hydrogens is 206 g/mol. The summed E-state index contributed by atoms with van der Waals surface area (Å²) in [4.78, 5) is 26.0. The van der Waals surface area contributed by atoms with E-state index in [0.717, 1.165) is 6.42 Å². The minimum Gasteiger partial charge on any atom is -0.325 e. The molecule has 0 fully saturated rings. The Morgan fingerprint density at radius 3 is 2.56 bits per heavy atom. The molecule has 0 radical (unpaired) electrons. The monoisotopic (exact) mass is 221 g/mol. The number of rotatable bonds is 4. The van der Waals surface area contributed by atoms with Crippen LogP contribution >= 0.6 is 0 Å². The molecule has 0 spiro atoms. The lowest BCUT2D eigenvalue weighted by molar-refractivity contribution is -0.116. The fraction of sp³-hybridized carbons (Fsp3) is 0.364. The van der Waals surface area contributed by atoms with E-state index in [1.807, 2.05) is 6.92 Å². The summed E-state index contributed by atoms with van der Waals surface area (Å²) in [6.07, 6.45) is 2.79. The molecule has 0 aliphatic carbocycles. The van der Waals surface area contributed by atoms with E-state index in [1.165, 1.54) is 13.1 Å². The van der Waals surface area contributed by atoms with E-state index in [2.05, 4.69) is 15.6 Å². The van der Waals surface area contributed by atoms with Gasteiger partial charge >= 0.3 is 0 Å². The van der Waals surface area contributed by atoms with Gasteiger partial charge in [0, 0.05) is 13.3 Å². The number of pyridine rings is 1. The van der Waals surface area contributed by atoms with Crippen molar-refractivity contribution in [2.75, 3.05) is 10.6 Å². The van der Waals surface area contributed by atoms with Crippen LogP contribution in [-0.2, 0) is 9.59 Å². The van der Waals surface area contributed by atoms with Gasteiger partial charge < -0.3 is 10.6 Å². The standard InChI is InChI=1S/C11H15N3O2/c1-3-4-11(16)14-10-6-5-9(7-12-10)13-8(2)15/h5-7H,3-4H2,1-2H3,(H,13,15)(H,12,14,16). The third-order valence-electron chi connectivity index (χ3n) is 1.83. The smallest absolute Gasteiger partial charge is 0.225 e. The van der Waals surface area contributed by atoms with Crippen molar-refractivity contribution in [1.82, 2.24) is 4.98 Å². The SMILES string of the molecule is CCCC(=O)Nc1ccc(NC(C)=O)cn1. The summed E-state index contributed by atoms with van der Waals surface area (Å²) in [5, 5.41) is 5.26. The lowest BCUT2D eigenvalue weighted by Gasteiger charge is -2.05. The average Bonchev–Trinajstić information content (AvgIpc) is 2.20. The van der Waals surface area contributed by atoms with Gasteiger partial charge in [-0.3, -0.25) is 9.59 Å². The molecule has 0 unspecified atom stereocenters. The zero-order valence-corrected chi connectivity index (χ0v) is 9.41. The molecule has 16 heavy (non-hydrogen) atoms. The maximum Gasteiger partial charge on any atom is 0.225 e. The first-order valence-corrected chi connectivity index (χ1v) is 5.15. The molecule has 2 N–H and O–H groups in total. The highest BCUT2D eigenvalue weighted by molar-refractivity contribution is 5.90. The van der Waals surface area contributed by atoms with E-state index >= 15 is 0 Å². The number of nitrogens with zero attached hydrogens (tertiary/aromatic N) is 1. The van der Waals surface area contributed by atoms with Gasteiger partial charge in [0.25, 0.3) is 0 Å². The largest absolute Gasteiger partial charge is 0.325 e. The van der Waals surface area contributed by atoms with Crippen LogP contribution in [0.3, 0.4) is 0 Å². The molecule has 1 rings (SSSR count). The Morgan fingerprint density at radius 1 is 1.31 bits per heavy atom. The third kappa shape index (κ3) is 4.08. The first-order valence-electron chi connectivity index (χ1n) is 5.15. The number of hydrogen-bond acceptors (Lipinski definition) is 3. The lowest BCUT2D eigenvalue weighted by Crippen LogP contribution is -2.12. The minimum atomic E-state index is -0.149. The number of carbonyl (C=O) groups excluding carboxylic acids is 2. The highest BCUT2D eigenvalue weighted by atomic mass is 16.2. The number of nitrogens with one attached hydrogen (secondary N) is 2. The second-order valence-electron chi connectivity index (χ2n) is 3.41. The topological polar surface area (TPSA) is 71.1 Å². The van der Waals surface area contributed by atoms with Crippen LogP contribution in [-0.4, -0.2) is 16.8 Å². The van der Waals surface area contributed by atoms with E-state index in [4.69, 9.17) is 0 Å². The summed E-state index contributed by atoms with van der Waals surface area (Å²) in [7, 11) is 0. The minimum absolute atomic E-state index is 0.0534. The van der Waals surface area contributed by atoms with Crippen LogP contribution in [0.15, 0.2) is 18.3 Å². The summed E-state index contributed by atoms with van der Waals surface area (Å²) in [5.74, 6) is 0.291. The Labute approximate surface area is 94.3 Å². The molecule has 1 heterocycles. The third-order valence-corrected chi connectivity index (χ3v) is 1.83. The molecule has 5 heteroatoms. The summed E-state index contributed by atoms with van der Waals surface area (Å²) in [6, 6.07) is 3.34. The van der Waals surface area contributed by atoms with Crippen LogP contribution in [0.1, 0.15) is 26.7 Å². The van der Waals surface area contributed by atoms with E-state index in [9.17, 15) is 9.59 Å². The molecule has 0 aromatic carbocycles. The van der Waals surface area contributed by atoms with Gasteiger partial charge in [-0.2, -0.15) is 0 Å². The van der Waals surface area contributed by atoms with Crippen LogP contribution in [0.5, 0.6) is 0 Å². The van der Waals surface area contributed by atoms with Crippen molar-refractivity contribution in [2.24, 2.45) is 0 Å². The van der Waals surface area contributed by atoms with Gasteiger partial charge in [-0.05, 0) is 18.6 Å². The molecule has 0 aliphatic heterocycles. The first-order chi connectivity index (χ1) is 7.61. The highest BCUT2D eigenvalue weighted by Crippen LogP contribution is 2.09. The molecule has 0 aliphatic rings. The van der Waals surface area contributed by atoms with Crippen LogP contribution in [0, 0.1) is 0 Å². The predicted molar refractivity (Wildman–Crippen MR) is 62.1 cm³/mol. The Morgan fingerprint density at radius 2 is 2.06 bits per heavy atom. The number of amides is 2. The highest BCUT2D eigenvalue weighted by Gasteiger charge is 2.02. The van der Waals surface area contributed by atoms with E-state index < -0.39 is 0 Å². The molecule has 0 saturated carbocycles. The molecule has 0 bridgehead atoms. The first kappa shape index (κ1) is 12.2. The molecule has 86 valence electrons. The van der Waals surface area contributed by atoms with Crippen molar-refractivity contribution >= 4 is 23.3 Å². The number of anilines is 2. The fourth-order valence-electron chi connectivity index (χ4n) is 1.18. The van der Waals surface area contributed by atoms with Crippen LogP contribution in [0.4, 0.5) is 11.5 Å². The second-order valence-corrected chi connectivity index (χ2v) is 3.41. The molecule has 0 atom stereocenters. The predicted octanol–water partition coefficient (Wildman–Crippen LogP) is 1.78. The van der Waals surface area contributed by atoms with Gasteiger partial charge in [-0.25, -0.2) is 4.98 Å². The Bertz CT molecular complexity index is 373. The molecule has 5 nitrogen and oxygen atoms in total. The fourth-order valence-corrected chi connectivity index (χ4v) is 1.18. The quantitative estimate of drug-likeness (QED) is 0.814. The zero-order valence-electron chi connectivity index (χ0n) is 9.41. The molecule has 0 saturated heterocycles. The number of hydrogen-bond donors (Lipinski definition) is 2. The Kier molecular flexibility index (Phi) is 4.44. The van der Waals surface area contributed by atoms with Gasteiger partial charge in [0.05, 0.1) is 11.9 Å². The maximum atomic E-state index is 11.3. The second kappa shape index (κ2) is 5.85. The van der Waals surface area contributed by atoms with Crippen LogP contribution in [0.2, 0.25) is 0 Å². The lowest BCUT2D eigenvalue weighted by atomic mass is 10.3. The van der Waals surface area contributed by atoms with Crippen LogP contribution < -0.4 is 10.6 Å². The van der Waals surface area contributed by atoms with Crippen molar-refractivity contribution in [3.63, 3.8) is 0 Å². The van der Waals surface area contributed by atoms with Gasteiger partial charge in [-0.1, -0.05) is 6.92 Å². The Balaban J connectivity index is 2.57. The molecule has 1 aromatic heterocycles. The zero-order chi connectivity index (χ0) is 12.0. The van der Waals surface area contributed by atoms with E-state index in [-0.39, 0.29) is 11.8 Å².